The van der Waals surface area contributed by atoms with Crippen LogP contribution >= 0.6 is 0 Å². The largest absolute Gasteiger partial charge is 0.494 e. The number of aryl methyl sites for hydroxylation is 2. The molecule has 0 aliphatic rings. The summed E-state index contributed by atoms with van der Waals surface area (Å²) in [6.45, 7) is 1.44. The second kappa shape index (κ2) is 9.83. The smallest absolute Gasteiger partial charge is 0.119 e. The van der Waals surface area contributed by atoms with Crippen LogP contribution in [-0.2, 0) is 12.8 Å². The van der Waals surface area contributed by atoms with E-state index in [0.29, 0.717) is 6.61 Å². The van der Waals surface area contributed by atoms with E-state index >= 15 is 0 Å². The van der Waals surface area contributed by atoms with Gasteiger partial charge in [0.15, 0.2) is 0 Å². The van der Waals surface area contributed by atoms with Gasteiger partial charge < -0.3 is 14.5 Å². The topological polar surface area (TPSA) is 34.2 Å². The Morgan fingerprint density at radius 1 is 0.621 bits per heavy atom. The molecule has 0 aliphatic heterocycles. The van der Waals surface area contributed by atoms with E-state index < -0.39 is 0 Å². The summed E-state index contributed by atoms with van der Waals surface area (Å²) in [6.07, 6.45) is 6.04. The average Bonchev–Trinajstić information content (AvgIpc) is 3.26. The number of ether oxygens (including phenoxy) is 2. The van der Waals surface area contributed by atoms with E-state index in [2.05, 4.69) is 53.5 Å². The van der Waals surface area contributed by atoms with Gasteiger partial charge in [0.25, 0.3) is 0 Å². The zero-order valence-electron chi connectivity index (χ0n) is 16.6. The highest BCUT2D eigenvalue weighted by atomic mass is 16.5. The number of unbranched alkanes of at least 4 members (excludes halogenated alkanes) is 1. The molecule has 4 aromatic rings. The molecule has 29 heavy (non-hydrogen) atoms. The molecule has 0 saturated heterocycles. The lowest BCUT2D eigenvalue weighted by molar-refractivity contribution is 0.266. The Kier molecular flexibility index (Phi) is 6.49. The predicted octanol–water partition coefficient (Wildman–Crippen LogP) is 6.19. The Bertz CT molecular complexity index is 1010. The first-order valence-electron chi connectivity index (χ1n) is 10.3. The zero-order chi connectivity index (χ0) is 19.7. The maximum atomic E-state index is 5.86. The fourth-order valence-corrected chi connectivity index (χ4v) is 3.50. The summed E-state index contributed by atoms with van der Waals surface area (Å²) < 4.78 is 11.6. The van der Waals surface area contributed by atoms with E-state index in [4.69, 9.17) is 9.47 Å². The normalized spacial score (nSPS) is 10.9. The van der Waals surface area contributed by atoms with E-state index in [1.807, 2.05) is 36.5 Å². The zero-order valence-corrected chi connectivity index (χ0v) is 16.6. The van der Waals surface area contributed by atoms with Crippen molar-refractivity contribution in [1.29, 1.82) is 0 Å². The van der Waals surface area contributed by atoms with Crippen molar-refractivity contribution in [1.82, 2.24) is 4.98 Å². The van der Waals surface area contributed by atoms with Crippen LogP contribution in [-0.4, -0.2) is 18.2 Å². The summed E-state index contributed by atoms with van der Waals surface area (Å²) in [5, 5.41) is 1.32. The van der Waals surface area contributed by atoms with Gasteiger partial charge in [-0.2, -0.15) is 0 Å². The Labute approximate surface area is 172 Å². The van der Waals surface area contributed by atoms with Gasteiger partial charge in [0.05, 0.1) is 13.2 Å². The van der Waals surface area contributed by atoms with E-state index in [-0.39, 0.29) is 0 Å². The molecular formula is C26H27NO2. The lowest BCUT2D eigenvalue weighted by atomic mass is 10.0. The number of hydrogen-bond donors (Lipinski definition) is 1. The molecule has 3 aromatic carbocycles. The second-order valence-electron chi connectivity index (χ2n) is 7.22. The third kappa shape index (κ3) is 5.41. The Morgan fingerprint density at radius 3 is 2.10 bits per heavy atom. The Hall–Kier alpha value is -3.20. The highest BCUT2D eigenvalue weighted by Crippen LogP contribution is 2.20. The molecule has 0 aliphatic carbocycles. The molecule has 148 valence electrons. The van der Waals surface area contributed by atoms with Gasteiger partial charge >= 0.3 is 0 Å². The highest BCUT2D eigenvalue weighted by molar-refractivity contribution is 5.82. The van der Waals surface area contributed by atoms with Crippen molar-refractivity contribution in [3.05, 3.63) is 96.2 Å². The van der Waals surface area contributed by atoms with Crippen molar-refractivity contribution in [2.24, 2.45) is 0 Å². The molecule has 0 atom stereocenters. The van der Waals surface area contributed by atoms with E-state index in [1.165, 1.54) is 22.0 Å². The van der Waals surface area contributed by atoms with Crippen LogP contribution < -0.4 is 9.47 Å². The molecule has 3 nitrogen and oxygen atoms in total. The number of rotatable bonds is 10. The maximum absolute atomic E-state index is 5.86. The van der Waals surface area contributed by atoms with Crippen LogP contribution in [0.5, 0.6) is 11.5 Å². The van der Waals surface area contributed by atoms with Gasteiger partial charge in [-0.3, -0.25) is 0 Å². The summed E-state index contributed by atoms with van der Waals surface area (Å²) in [6, 6.07) is 27.1. The van der Waals surface area contributed by atoms with Gasteiger partial charge in [0, 0.05) is 17.1 Å². The summed E-state index contributed by atoms with van der Waals surface area (Å²) in [5.74, 6) is 1.86. The maximum Gasteiger partial charge on any atom is 0.119 e. The summed E-state index contributed by atoms with van der Waals surface area (Å²) in [4.78, 5) is 3.28. The number of H-pyrrole nitrogens is 1. The van der Waals surface area contributed by atoms with Gasteiger partial charge in [-0.25, -0.2) is 0 Å². The Balaban J connectivity index is 1.17. The van der Waals surface area contributed by atoms with Crippen LogP contribution in [0.25, 0.3) is 10.9 Å². The molecule has 4 rings (SSSR count). The van der Waals surface area contributed by atoms with Crippen LogP contribution in [0.15, 0.2) is 85.1 Å². The van der Waals surface area contributed by atoms with Gasteiger partial charge in [-0.1, -0.05) is 42.5 Å². The van der Waals surface area contributed by atoms with Crippen molar-refractivity contribution in [2.75, 3.05) is 13.2 Å². The monoisotopic (exact) mass is 385 g/mol. The molecule has 0 spiro atoms. The molecule has 0 fully saturated rings. The van der Waals surface area contributed by atoms with Gasteiger partial charge in [-0.05, 0) is 73.2 Å². The summed E-state index contributed by atoms with van der Waals surface area (Å²) >= 11 is 0. The van der Waals surface area contributed by atoms with Crippen LogP contribution in [0, 0.1) is 0 Å². The number of benzene rings is 3. The molecule has 0 unspecified atom stereocenters. The third-order valence-electron chi connectivity index (χ3n) is 5.11. The molecule has 0 radical (unpaired) electrons. The first kappa shape index (κ1) is 19.1. The van der Waals surface area contributed by atoms with Crippen LogP contribution in [0.2, 0.25) is 0 Å². The number of hydrogen-bond acceptors (Lipinski definition) is 2. The minimum Gasteiger partial charge on any atom is -0.494 e. The van der Waals surface area contributed by atoms with E-state index in [9.17, 15) is 0 Å². The quantitative estimate of drug-likeness (QED) is 0.330. The predicted molar refractivity (Wildman–Crippen MR) is 119 cm³/mol. The number of nitrogens with one attached hydrogen (secondary N) is 1. The van der Waals surface area contributed by atoms with Crippen molar-refractivity contribution < 1.29 is 9.47 Å². The first-order valence-corrected chi connectivity index (χ1v) is 10.3. The van der Waals surface area contributed by atoms with Crippen LogP contribution in [0.4, 0.5) is 0 Å². The standard InChI is InChI=1S/C26H27NO2/c1-2-8-23(9-3-1)28-19-4-5-20-29-24-15-12-21(13-16-24)11-14-22-7-6-10-26-25(22)17-18-27-26/h1-3,6-10,12-13,15-18,27H,4-5,11,14,19-20H2. The summed E-state index contributed by atoms with van der Waals surface area (Å²) in [7, 11) is 0. The summed E-state index contributed by atoms with van der Waals surface area (Å²) in [5.41, 5.74) is 3.93. The Morgan fingerprint density at radius 2 is 1.34 bits per heavy atom. The fourth-order valence-electron chi connectivity index (χ4n) is 3.50. The molecule has 1 heterocycles. The SMILES string of the molecule is c1ccc(OCCCCOc2ccc(CCc3cccc4[nH]ccc34)cc2)cc1. The third-order valence-corrected chi connectivity index (χ3v) is 5.11. The molecule has 0 saturated carbocycles. The number of aromatic nitrogens is 1. The minimum atomic E-state index is 0.715. The van der Waals surface area contributed by atoms with Crippen molar-refractivity contribution >= 4 is 10.9 Å². The fraction of sp³-hybridized carbons (Fsp3) is 0.231. The minimum absolute atomic E-state index is 0.715. The van der Waals surface area contributed by atoms with Gasteiger partial charge in [0.2, 0.25) is 0 Å². The van der Waals surface area contributed by atoms with Crippen LogP contribution in [0.3, 0.4) is 0 Å². The van der Waals surface area contributed by atoms with E-state index in [1.54, 1.807) is 0 Å². The molecule has 0 amide bonds. The molecule has 0 bridgehead atoms. The van der Waals surface area contributed by atoms with Crippen LogP contribution in [0.1, 0.15) is 24.0 Å². The molecular weight excluding hydrogens is 358 g/mol. The van der Waals surface area contributed by atoms with Crippen molar-refractivity contribution in [3.63, 3.8) is 0 Å². The number of aromatic amines is 1. The van der Waals surface area contributed by atoms with Gasteiger partial charge in [-0.15, -0.1) is 0 Å². The lowest BCUT2D eigenvalue weighted by Gasteiger charge is -2.09. The second-order valence-corrected chi connectivity index (χ2v) is 7.22. The molecule has 1 aromatic heterocycles. The number of fused-ring (bicyclic) bond motifs is 1. The highest BCUT2D eigenvalue weighted by Gasteiger charge is 2.03. The average molecular weight is 386 g/mol. The lowest BCUT2D eigenvalue weighted by Crippen LogP contribution is -2.02. The van der Waals surface area contributed by atoms with Crippen molar-refractivity contribution in [2.45, 2.75) is 25.7 Å². The van der Waals surface area contributed by atoms with Gasteiger partial charge in [0.1, 0.15) is 11.5 Å². The molecule has 3 heteroatoms. The van der Waals surface area contributed by atoms with E-state index in [0.717, 1.165) is 43.8 Å². The molecule has 1 N–H and O–H groups in total. The van der Waals surface area contributed by atoms with Crippen molar-refractivity contribution in [3.8, 4) is 11.5 Å². The number of para-hydroxylation sites is 1. The first-order chi connectivity index (χ1) is 14.4.